The first-order valence-electron chi connectivity index (χ1n) is 19.2. The molecule has 0 saturated carbocycles. The van der Waals surface area contributed by atoms with Gasteiger partial charge >= 0.3 is 0 Å². The summed E-state index contributed by atoms with van der Waals surface area (Å²) >= 11 is 3.62. The largest absolute Gasteiger partial charge is 0.457 e. The molecule has 0 radical (unpaired) electrons. The summed E-state index contributed by atoms with van der Waals surface area (Å²) in [6, 6.07) is 63.0. The van der Waals surface area contributed by atoms with Crippen molar-refractivity contribution in [3.05, 3.63) is 176 Å². The monoisotopic (exact) mass is 764 g/mol. The molecular weight excluding hydrogens is 736 g/mol. The third-order valence-electron chi connectivity index (χ3n) is 11.7. The van der Waals surface area contributed by atoms with Crippen LogP contribution in [-0.2, 0) is 0 Å². The van der Waals surface area contributed by atoms with Crippen LogP contribution in [0.4, 0.5) is 34.1 Å². The summed E-state index contributed by atoms with van der Waals surface area (Å²) in [4.78, 5) is 9.48. The number of fused-ring (bicyclic) bond motifs is 16. The lowest BCUT2D eigenvalue weighted by Gasteiger charge is -2.41. The first-order chi connectivity index (χ1) is 28.3. The summed E-state index contributed by atoms with van der Waals surface area (Å²) in [7, 11) is 0. The van der Waals surface area contributed by atoms with Crippen LogP contribution in [-0.4, -0.2) is 6.71 Å². The number of rotatable bonds is 2. The van der Waals surface area contributed by atoms with Crippen LogP contribution >= 0.6 is 23.5 Å². The highest BCUT2D eigenvalue weighted by Gasteiger charge is 2.47. The maximum absolute atomic E-state index is 7.25. The normalized spacial score (nSPS) is 14.0. The van der Waals surface area contributed by atoms with Gasteiger partial charge in [-0.2, -0.15) is 0 Å². The molecule has 9 aromatic rings. The molecule has 0 aliphatic carbocycles. The lowest BCUT2D eigenvalue weighted by atomic mass is 9.33. The number of hydrogen-bond acceptors (Lipinski definition) is 6. The molecule has 0 saturated heterocycles. The van der Waals surface area contributed by atoms with Gasteiger partial charge in [0.1, 0.15) is 23.0 Å². The van der Waals surface area contributed by atoms with E-state index in [2.05, 4.69) is 186 Å². The topological polar surface area (TPSA) is 24.9 Å². The van der Waals surface area contributed by atoms with Crippen LogP contribution in [0.2, 0.25) is 0 Å². The summed E-state index contributed by atoms with van der Waals surface area (Å²) in [5.41, 5.74) is 10.3. The van der Waals surface area contributed by atoms with E-state index in [4.69, 9.17) is 9.47 Å². The molecule has 0 fully saturated rings. The minimum absolute atomic E-state index is 0.153. The zero-order chi connectivity index (χ0) is 37.2. The average molecular weight is 765 g/mol. The zero-order valence-electron chi connectivity index (χ0n) is 30.3. The highest BCUT2D eigenvalue weighted by Crippen LogP contribution is 2.60. The molecule has 57 heavy (non-hydrogen) atoms. The van der Waals surface area contributed by atoms with Crippen LogP contribution in [0.5, 0.6) is 23.0 Å². The molecule has 4 aliphatic rings. The van der Waals surface area contributed by atoms with Gasteiger partial charge in [0.25, 0.3) is 6.71 Å². The van der Waals surface area contributed by atoms with Gasteiger partial charge in [-0.25, -0.2) is 0 Å². The lowest BCUT2D eigenvalue weighted by Crippen LogP contribution is -2.58. The van der Waals surface area contributed by atoms with Gasteiger partial charge in [-0.15, -0.1) is 0 Å². The number of nitrogens with zero attached hydrogens (tertiary/aromatic N) is 2. The minimum Gasteiger partial charge on any atom is -0.457 e. The van der Waals surface area contributed by atoms with Gasteiger partial charge in [0, 0.05) is 37.4 Å². The van der Waals surface area contributed by atoms with Gasteiger partial charge in [0.2, 0.25) is 0 Å². The summed E-state index contributed by atoms with van der Waals surface area (Å²) in [5.74, 6) is 3.50. The first kappa shape index (κ1) is 31.6. The second-order valence-corrected chi connectivity index (χ2v) is 16.8. The summed E-state index contributed by atoms with van der Waals surface area (Å²) in [5, 5.41) is 4.73. The Morgan fingerprint density at radius 3 is 1.25 bits per heavy atom. The molecule has 0 N–H and O–H groups in total. The summed E-state index contributed by atoms with van der Waals surface area (Å²) in [6.45, 7) is -0.153. The lowest BCUT2D eigenvalue weighted by molar-refractivity contribution is 0.454. The number of hydrogen-bond donors (Lipinski definition) is 0. The fourth-order valence-corrected chi connectivity index (χ4v) is 11.8. The molecule has 0 atom stereocenters. The van der Waals surface area contributed by atoms with Crippen molar-refractivity contribution in [1.29, 1.82) is 0 Å². The molecule has 266 valence electrons. The van der Waals surface area contributed by atoms with Crippen molar-refractivity contribution in [2.75, 3.05) is 9.80 Å². The van der Waals surface area contributed by atoms with Gasteiger partial charge in [0.15, 0.2) is 0 Å². The molecule has 0 unspecified atom stereocenters. The molecule has 0 amide bonds. The maximum Gasteiger partial charge on any atom is 0.262 e. The third kappa shape index (κ3) is 4.38. The second-order valence-electron chi connectivity index (χ2n) is 14.7. The predicted molar refractivity (Wildman–Crippen MR) is 237 cm³/mol. The van der Waals surface area contributed by atoms with Crippen molar-refractivity contribution in [1.82, 2.24) is 0 Å². The fraction of sp³-hybridized carbons (Fsp3) is 0. The highest BCUT2D eigenvalue weighted by molar-refractivity contribution is 8.00. The molecule has 0 spiro atoms. The molecular formula is C50H29BN2O2S2. The Kier molecular flexibility index (Phi) is 6.65. The Balaban J connectivity index is 1.15. The predicted octanol–water partition coefficient (Wildman–Crippen LogP) is 12.6. The third-order valence-corrected chi connectivity index (χ3v) is 14.0. The first-order valence-corrected chi connectivity index (χ1v) is 20.8. The molecule has 7 heteroatoms. The van der Waals surface area contributed by atoms with E-state index < -0.39 is 0 Å². The van der Waals surface area contributed by atoms with Crippen LogP contribution in [0.3, 0.4) is 0 Å². The fourth-order valence-electron chi connectivity index (χ4n) is 9.45. The standard InChI is InChI=1S/C50H29BN2O2S2/c1-3-16-30(17-4-1)52-36-24-11-13-28-40(36)56-49-45(52)34-22-9-7-20-32(34)42-47(49)54-38-26-15-27-39-44(38)51(42)43-33-21-8-10-23-35(33)46-50(48(43)55-39)57-41-29-14-12-25-37(41)53(46)31-18-5-2-6-19-31/h1-29H. The number of benzene rings is 9. The van der Waals surface area contributed by atoms with E-state index in [0.717, 1.165) is 61.0 Å². The van der Waals surface area contributed by atoms with Crippen molar-refractivity contribution in [2.45, 2.75) is 19.6 Å². The van der Waals surface area contributed by atoms with Crippen LogP contribution in [0, 0.1) is 0 Å². The van der Waals surface area contributed by atoms with E-state index in [9.17, 15) is 0 Å². The molecule has 0 aromatic heterocycles. The van der Waals surface area contributed by atoms with Crippen molar-refractivity contribution in [2.24, 2.45) is 0 Å². The Hall–Kier alpha value is -6.54. The van der Waals surface area contributed by atoms with E-state index in [0.29, 0.717) is 0 Å². The van der Waals surface area contributed by atoms with Crippen molar-refractivity contribution in [3.63, 3.8) is 0 Å². The molecule has 9 aromatic carbocycles. The van der Waals surface area contributed by atoms with Gasteiger partial charge in [0.05, 0.1) is 32.5 Å². The van der Waals surface area contributed by atoms with Crippen LogP contribution in [0.25, 0.3) is 21.5 Å². The average Bonchev–Trinajstić information content (AvgIpc) is 3.28. The molecule has 4 heterocycles. The molecule has 4 nitrogen and oxygen atoms in total. The van der Waals surface area contributed by atoms with E-state index in [1.807, 2.05) is 23.5 Å². The quantitative estimate of drug-likeness (QED) is 0.163. The van der Waals surface area contributed by atoms with E-state index >= 15 is 0 Å². The SMILES string of the molecule is c1ccc(N2c3ccccc3Sc3c4c(c5ccccc5c32)B2c3c(cccc3Oc3c5c(c6ccccc6c32)N(c2ccccc2)c2ccccc2S5)O4)cc1. The van der Waals surface area contributed by atoms with Crippen LogP contribution < -0.4 is 35.7 Å². The van der Waals surface area contributed by atoms with Crippen molar-refractivity contribution >= 4 is 102 Å². The van der Waals surface area contributed by atoms with Gasteiger partial charge < -0.3 is 19.3 Å². The minimum atomic E-state index is -0.153. The summed E-state index contributed by atoms with van der Waals surface area (Å²) in [6.07, 6.45) is 0. The Labute approximate surface area is 338 Å². The maximum atomic E-state index is 7.25. The van der Waals surface area contributed by atoms with Crippen molar-refractivity contribution < 1.29 is 9.47 Å². The van der Waals surface area contributed by atoms with Crippen LogP contribution in [0.15, 0.2) is 196 Å². The Morgan fingerprint density at radius 1 is 0.368 bits per heavy atom. The van der Waals surface area contributed by atoms with Gasteiger partial charge in [-0.1, -0.05) is 139 Å². The molecule has 4 aliphatic heterocycles. The van der Waals surface area contributed by atoms with Crippen LogP contribution in [0.1, 0.15) is 0 Å². The number of para-hydroxylation sites is 4. The van der Waals surface area contributed by atoms with Gasteiger partial charge in [-0.05, 0) is 82.4 Å². The van der Waals surface area contributed by atoms with E-state index in [1.165, 1.54) is 53.6 Å². The smallest absolute Gasteiger partial charge is 0.262 e. The molecule has 0 bridgehead atoms. The molecule has 13 rings (SSSR count). The number of anilines is 6. The van der Waals surface area contributed by atoms with E-state index in [1.54, 1.807) is 0 Å². The second kappa shape index (κ2) is 12.0. The Morgan fingerprint density at radius 2 is 0.772 bits per heavy atom. The van der Waals surface area contributed by atoms with E-state index in [-0.39, 0.29) is 6.71 Å². The van der Waals surface area contributed by atoms with Gasteiger partial charge in [-0.3, -0.25) is 0 Å². The number of ether oxygens (including phenoxy) is 2. The Bertz CT molecular complexity index is 2970. The van der Waals surface area contributed by atoms with Crippen molar-refractivity contribution in [3.8, 4) is 23.0 Å². The highest BCUT2D eigenvalue weighted by atomic mass is 32.2. The summed E-state index contributed by atoms with van der Waals surface area (Å²) < 4.78 is 14.5. The zero-order valence-corrected chi connectivity index (χ0v) is 32.0.